The first-order chi connectivity index (χ1) is 8.50. The SMILES string of the molecule is Cc1ccccc1C(C)(O)CCc1nccn1C. The van der Waals surface area contributed by atoms with Gasteiger partial charge < -0.3 is 9.67 Å². The fraction of sp³-hybridized carbons (Fsp3) is 0.400. The average Bonchev–Trinajstić information content (AvgIpc) is 2.73. The zero-order valence-electron chi connectivity index (χ0n) is 11.2. The molecular formula is C15H20N2O. The molecule has 0 spiro atoms. The largest absolute Gasteiger partial charge is 0.385 e. The van der Waals surface area contributed by atoms with Gasteiger partial charge in [-0.1, -0.05) is 24.3 Å². The number of rotatable bonds is 4. The summed E-state index contributed by atoms with van der Waals surface area (Å²) in [5, 5.41) is 10.6. The first-order valence-corrected chi connectivity index (χ1v) is 6.25. The highest BCUT2D eigenvalue weighted by atomic mass is 16.3. The van der Waals surface area contributed by atoms with Crippen LogP contribution in [0.1, 0.15) is 30.3 Å². The van der Waals surface area contributed by atoms with Crippen molar-refractivity contribution < 1.29 is 5.11 Å². The fourth-order valence-electron chi connectivity index (χ4n) is 2.30. The van der Waals surface area contributed by atoms with Crippen molar-refractivity contribution >= 4 is 0 Å². The van der Waals surface area contributed by atoms with Gasteiger partial charge in [0.15, 0.2) is 0 Å². The Bertz CT molecular complexity index is 529. The van der Waals surface area contributed by atoms with Gasteiger partial charge in [-0.05, 0) is 31.4 Å². The van der Waals surface area contributed by atoms with Crippen LogP contribution in [0, 0.1) is 6.92 Å². The van der Waals surface area contributed by atoms with Crippen molar-refractivity contribution in [3.63, 3.8) is 0 Å². The van der Waals surface area contributed by atoms with Crippen LogP contribution in [0.4, 0.5) is 0 Å². The lowest BCUT2D eigenvalue weighted by Gasteiger charge is -2.25. The van der Waals surface area contributed by atoms with Crippen LogP contribution in [0.3, 0.4) is 0 Å². The summed E-state index contributed by atoms with van der Waals surface area (Å²) in [6, 6.07) is 7.99. The Morgan fingerprint density at radius 3 is 2.67 bits per heavy atom. The lowest BCUT2D eigenvalue weighted by Crippen LogP contribution is -2.23. The van der Waals surface area contributed by atoms with E-state index in [9.17, 15) is 5.11 Å². The lowest BCUT2D eigenvalue weighted by atomic mass is 9.88. The molecule has 3 heteroatoms. The second-order valence-electron chi connectivity index (χ2n) is 5.04. The highest BCUT2D eigenvalue weighted by Gasteiger charge is 2.24. The second kappa shape index (κ2) is 4.94. The highest BCUT2D eigenvalue weighted by molar-refractivity contribution is 5.30. The highest BCUT2D eigenvalue weighted by Crippen LogP contribution is 2.28. The first kappa shape index (κ1) is 12.8. The van der Waals surface area contributed by atoms with Gasteiger partial charge >= 0.3 is 0 Å². The van der Waals surface area contributed by atoms with Gasteiger partial charge in [-0.3, -0.25) is 0 Å². The summed E-state index contributed by atoms with van der Waals surface area (Å²) in [6.07, 6.45) is 5.16. The summed E-state index contributed by atoms with van der Waals surface area (Å²) in [5.74, 6) is 1.00. The van der Waals surface area contributed by atoms with Gasteiger partial charge in [-0.2, -0.15) is 0 Å². The van der Waals surface area contributed by atoms with Crippen LogP contribution in [-0.4, -0.2) is 14.7 Å². The summed E-state index contributed by atoms with van der Waals surface area (Å²) in [4.78, 5) is 4.29. The van der Waals surface area contributed by atoms with Crippen molar-refractivity contribution in [1.82, 2.24) is 9.55 Å². The summed E-state index contributed by atoms with van der Waals surface area (Å²) in [5.41, 5.74) is 1.32. The van der Waals surface area contributed by atoms with Crippen LogP contribution >= 0.6 is 0 Å². The molecule has 0 saturated carbocycles. The maximum Gasteiger partial charge on any atom is 0.108 e. The van der Waals surface area contributed by atoms with Crippen molar-refractivity contribution in [2.75, 3.05) is 0 Å². The Labute approximate surface area is 108 Å². The number of nitrogens with zero attached hydrogens (tertiary/aromatic N) is 2. The van der Waals surface area contributed by atoms with E-state index in [0.29, 0.717) is 6.42 Å². The minimum atomic E-state index is -0.808. The van der Waals surface area contributed by atoms with Crippen molar-refractivity contribution in [1.29, 1.82) is 0 Å². The van der Waals surface area contributed by atoms with Crippen LogP contribution in [0.15, 0.2) is 36.7 Å². The van der Waals surface area contributed by atoms with Gasteiger partial charge in [-0.25, -0.2) is 4.98 Å². The molecule has 0 saturated heterocycles. The number of hydrogen-bond donors (Lipinski definition) is 1. The average molecular weight is 244 g/mol. The number of hydrogen-bond acceptors (Lipinski definition) is 2. The summed E-state index contributed by atoms with van der Waals surface area (Å²) < 4.78 is 1.99. The zero-order valence-corrected chi connectivity index (χ0v) is 11.2. The van der Waals surface area contributed by atoms with E-state index in [0.717, 1.165) is 23.4 Å². The molecule has 0 aliphatic carbocycles. The van der Waals surface area contributed by atoms with E-state index in [2.05, 4.69) is 4.98 Å². The molecule has 1 aromatic carbocycles. The van der Waals surface area contributed by atoms with E-state index in [1.54, 1.807) is 6.20 Å². The molecule has 18 heavy (non-hydrogen) atoms. The molecule has 2 aromatic rings. The van der Waals surface area contributed by atoms with Crippen molar-refractivity contribution in [3.05, 3.63) is 53.6 Å². The molecule has 96 valence electrons. The van der Waals surface area contributed by atoms with E-state index in [1.165, 1.54) is 0 Å². The third kappa shape index (κ3) is 2.62. The van der Waals surface area contributed by atoms with Crippen LogP contribution < -0.4 is 0 Å². The van der Waals surface area contributed by atoms with Gasteiger partial charge in [0, 0.05) is 25.9 Å². The summed E-state index contributed by atoms with van der Waals surface area (Å²) in [7, 11) is 1.98. The number of imidazole rings is 1. The minimum Gasteiger partial charge on any atom is -0.385 e. The Morgan fingerprint density at radius 1 is 1.33 bits per heavy atom. The van der Waals surface area contributed by atoms with Crippen molar-refractivity contribution in [2.45, 2.75) is 32.3 Å². The molecule has 1 unspecified atom stereocenters. The second-order valence-corrected chi connectivity index (χ2v) is 5.04. The predicted molar refractivity (Wildman–Crippen MR) is 72.3 cm³/mol. The molecule has 0 aliphatic rings. The molecule has 1 N–H and O–H groups in total. The number of aliphatic hydroxyl groups is 1. The van der Waals surface area contributed by atoms with Crippen molar-refractivity contribution in [3.8, 4) is 0 Å². The van der Waals surface area contributed by atoms with Crippen LogP contribution in [0.5, 0.6) is 0 Å². The van der Waals surface area contributed by atoms with Crippen LogP contribution in [0.25, 0.3) is 0 Å². The minimum absolute atomic E-state index is 0.669. The normalized spacial score (nSPS) is 14.4. The smallest absolute Gasteiger partial charge is 0.108 e. The van der Waals surface area contributed by atoms with E-state index in [-0.39, 0.29) is 0 Å². The number of benzene rings is 1. The van der Waals surface area contributed by atoms with Gasteiger partial charge in [0.2, 0.25) is 0 Å². The topological polar surface area (TPSA) is 38.1 Å². The molecule has 1 heterocycles. The lowest BCUT2D eigenvalue weighted by molar-refractivity contribution is 0.0467. The molecular weight excluding hydrogens is 224 g/mol. The maximum atomic E-state index is 10.6. The predicted octanol–water partition coefficient (Wildman–Crippen LogP) is 2.57. The van der Waals surface area contributed by atoms with E-state index < -0.39 is 5.60 Å². The molecule has 2 rings (SSSR count). The molecule has 0 radical (unpaired) electrons. The fourth-order valence-corrected chi connectivity index (χ4v) is 2.30. The Balaban J connectivity index is 2.13. The standard InChI is InChI=1S/C15H20N2O/c1-12-6-4-5-7-13(12)15(2,18)9-8-14-16-10-11-17(14)3/h4-7,10-11,18H,8-9H2,1-3H3. The molecule has 0 aliphatic heterocycles. The molecule has 0 bridgehead atoms. The molecule has 1 aromatic heterocycles. The van der Waals surface area contributed by atoms with Gasteiger partial charge in [-0.15, -0.1) is 0 Å². The Morgan fingerprint density at radius 2 is 2.06 bits per heavy atom. The van der Waals surface area contributed by atoms with Crippen LogP contribution in [-0.2, 0) is 19.1 Å². The quantitative estimate of drug-likeness (QED) is 0.897. The third-order valence-electron chi connectivity index (χ3n) is 3.48. The van der Waals surface area contributed by atoms with Gasteiger partial charge in [0.1, 0.15) is 5.82 Å². The Kier molecular flexibility index (Phi) is 3.53. The summed E-state index contributed by atoms with van der Waals surface area (Å²) >= 11 is 0. The first-order valence-electron chi connectivity index (χ1n) is 6.25. The van der Waals surface area contributed by atoms with Crippen LogP contribution in [0.2, 0.25) is 0 Å². The van der Waals surface area contributed by atoms with E-state index >= 15 is 0 Å². The third-order valence-corrected chi connectivity index (χ3v) is 3.48. The van der Waals surface area contributed by atoms with Crippen molar-refractivity contribution in [2.24, 2.45) is 7.05 Å². The number of aryl methyl sites for hydroxylation is 3. The maximum absolute atomic E-state index is 10.6. The Hall–Kier alpha value is -1.61. The van der Waals surface area contributed by atoms with E-state index in [4.69, 9.17) is 0 Å². The van der Waals surface area contributed by atoms with E-state index in [1.807, 2.05) is 55.9 Å². The molecule has 0 fully saturated rings. The molecule has 0 amide bonds. The van der Waals surface area contributed by atoms with Gasteiger partial charge in [0.25, 0.3) is 0 Å². The monoisotopic (exact) mass is 244 g/mol. The van der Waals surface area contributed by atoms with Gasteiger partial charge in [0.05, 0.1) is 5.60 Å². The summed E-state index contributed by atoms with van der Waals surface area (Å²) in [6.45, 7) is 3.91. The number of aromatic nitrogens is 2. The molecule has 3 nitrogen and oxygen atoms in total. The zero-order chi connectivity index (χ0) is 13.2. The molecule has 1 atom stereocenters.